The summed E-state index contributed by atoms with van der Waals surface area (Å²) in [5.74, 6) is -0.357. The van der Waals surface area contributed by atoms with Gasteiger partial charge in [0.1, 0.15) is 17.8 Å². The lowest BCUT2D eigenvalue weighted by Gasteiger charge is -2.28. The van der Waals surface area contributed by atoms with Crippen molar-refractivity contribution in [3.8, 4) is 0 Å². The molecule has 1 fully saturated rings. The second-order valence-corrected chi connectivity index (χ2v) is 5.79. The van der Waals surface area contributed by atoms with Crippen LogP contribution in [0.4, 0.5) is 4.79 Å². The highest BCUT2D eigenvalue weighted by molar-refractivity contribution is 14.1. The van der Waals surface area contributed by atoms with Crippen molar-refractivity contribution in [1.29, 1.82) is 0 Å². The van der Waals surface area contributed by atoms with Crippen LogP contribution in [-0.2, 0) is 19.0 Å². The molecular formula is C11H17IO5. The fourth-order valence-electron chi connectivity index (χ4n) is 1.48. The number of halogens is 1. The summed E-state index contributed by atoms with van der Waals surface area (Å²) in [5, 5.41) is 0. The Morgan fingerprint density at radius 3 is 2.53 bits per heavy atom. The molecule has 0 unspecified atom stereocenters. The highest BCUT2D eigenvalue weighted by Crippen LogP contribution is 2.20. The van der Waals surface area contributed by atoms with Crippen molar-refractivity contribution < 1.29 is 23.8 Å². The zero-order valence-corrected chi connectivity index (χ0v) is 12.4. The van der Waals surface area contributed by atoms with Crippen molar-refractivity contribution in [3.05, 3.63) is 0 Å². The van der Waals surface area contributed by atoms with E-state index in [2.05, 4.69) is 22.6 Å². The molecule has 0 bridgehead atoms. The van der Waals surface area contributed by atoms with Gasteiger partial charge in [-0.2, -0.15) is 0 Å². The topological polar surface area (TPSA) is 61.8 Å². The highest BCUT2D eigenvalue weighted by atomic mass is 127. The van der Waals surface area contributed by atoms with E-state index in [0.29, 0.717) is 10.8 Å². The van der Waals surface area contributed by atoms with Gasteiger partial charge in [-0.05, 0) is 20.8 Å². The van der Waals surface area contributed by atoms with E-state index in [9.17, 15) is 9.59 Å². The zero-order chi connectivity index (χ0) is 13.1. The van der Waals surface area contributed by atoms with Crippen LogP contribution in [0.25, 0.3) is 0 Å². The third-order valence-electron chi connectivity index (χ3n) is 2.04. The van der Waals surface area contributed by atoms with E-state index in [4.69, 9.17) is 14.2 Å². The van der Waals surface area contributed by atoms with Crippen molar-refractivity contribution >= 4 is 34.7 Å². The van der Waals surface area contributed by atoms with Crippen LogP contribution in [0.2, 0.25) is 0 Å². The molecule has 0 aromatic carbocycles. The summed E-state index contributed by atoms with van der Waals surface area (Å²) in [4.78, 5) is 22.7. The smallest absolute Gasteiger partial charge is 0.460 e. The first kappa shape index (κ1) is 14.5. The molecular weight excluding hydrogens is 339 g/mol. The van der Waals surface area contributed by atoms with Gasteiger partial charge in [-0.15, -0.1) is 0 Å². The maximum atomic E-state index is 11.6. The molecule has 1 aliphatic heterocycles. The fourth-order valence-corrected chi connectivity index (χ4v) is 2.02. The predicted octanol–water partition coefficient (Wildman–Crippen LogP) is 2.45. The van der Waals surface area contributed by atoms with Gasteiger partial charge >= 0.3 is 12.1 Å². The summed E-state index contributed by atoms with van der Waals surface area (Å²) in [7, 11) is 0. The van der Waals surface area contributed by atoms with Gasteiger partial charge in [-0.3, -0.25) is 4.79 Å². The molecule has 1 rings (SSSR count). The van der Waals surface area contributed by atoms with Crippen molar-refractivity contribution in [1.82, 2.24) is 0 Å². The Morgan fingerprint density at radius 1 is 1.41 bits per heavy atom. The number of rotatable bonds is 3. The standard InChI is InChI=1S/C11H17IO5/c1-11(2,3)17-9(13)5-7-4-8(6-12)16-10(14)15-7/h7-8H,4-6H2,1-3H3/t7-,8+/m1/s1. The van der Waals surface area contributed by atoms with E-state index >= 15 is 0 Å². The summed E-state index contributed by atoms with van der Waals surface area (Å²) >= 11 is 2.13. The summed E-state index contributed by atoms with van der Waals surface area (Å²) < 4.78 is 15.7. The average molecular weight is 356 g/mol. The van der Waals surface area contributed by atoms with Gasteiger partial charge in [0.15, 0.2) is 0 Å². The van der Waals surface area contributed by atoms with Crippen LogP contribution in [-0.4, -0.2) is 34.4 Å². The number of esters is 1. The average Bonchev–Trinajstić information content (AvgIpc) is 2.13. The molecule has 5 nitrogen and oxygen atoms in total. The van der Waals surface area contributed by atoms with Gasteiger partial charge in [0.2, 0.25) is 0 Å². The molecule has 1 heterocycles. The Labute approximate surface area is 114 Å². The monoisotopic (exact) mass is 356 g/mol. The van der Waals surface area contributed by atoms with Crippen molar-refractivity contribution in [3.63, 3.8) is 0 Å². The molecule has 1 aliphatic rings. The van der Waals surface area contributed by atoms with Crippen LogP contribution in [0.5, 0.6) is 0 Å². The minimum atomic E-state index is -0.702. The largest absolute Gasteiger partial charge is 0.508 e. The van der Waals surface area contributed by atoms with Crippen LogP contribution in [0.1, 0.15) is 33.6 Å². The lowest BCUT2D eigenvalue weighted by Crippen LogP contribution is -2.37. The first-order valence-electron chi connectivity index (χ1n) is 5.45. The molecule has 17 heavy (non-hydrogen) atoms. The minimum Gasteiger partial charge on any atom is -0.460 e. The molecule has 0 spiro atoms. The molecule has 0 amide bonds. The molecule has 0 aromatic heterocycles. The van der Waals surface area contributed by atoms with Gasteiger partial charge in [-0.1, -0.05) is 22.6 Å². The summed E-state index contributed by atoms with van der Waals surface area (Å²) in [6.45, 7) is 5.40. The Balaban J connectivity index is 2.45. The second kappa shape index (κ2) is 5.88. The molecule has 2 atom stereocenters. The van der Waals surface area contributed by atoms with E-state index in [-0.39, 0.29) is 18.5 Å². The first-order valence-corrected chi connectivity index (χ1v) is 6.98. The Hall–Kier alpha value is -0.530. The summed E-state index contributed by atoms with van der Waals surface area (Å²) in [6.07, 6.45) is -0.699. The third-order valence-corrected chi connectivity index (χ3v) is 3.02. The number of carbonyl (C=O) groups is 2. The lowest BCUT2D eigenvalue weighted by molar-refractivity contribution is -0.159. The van der Waals surface area contributed by atoms with Gasteiger partial charge < -0.3 is 14.2 Å². The predicted molar refractivity (Wildman–Crippen MR) is 69.1 cm³/mol. The second-order valence-electron chi connectivity index (χ2n) is 4.91. The summed E-state index contributed by atoms with van der Waals surface area (Å²) in [6, 6.07) is 0. The van der Waals surface area contributed by atoms with Crippen LogP contribution in [0.3, 0.4) is 0 Å². The molecule has 1 saturated heterocycles. The van der Waals surface area contributed by atoms with Crippen LogP contribution in [0, 0.1) is 0 Å². The van der Waals surface area contributed by atoms with Gasteiger partial charge in [0.05, 0.1) is 6.42 Å². The molecule has 6 heteroatoms. The van der Waals surface area contributed by atoms with Crippen LogP contribution < -0.4 is 0 Å². The van der Waals surface area contributed by atoms with E-state index in [0.717, 1.165) is 0 Å². The molecule has 0 N–H and O–H groups in total. The normalized spacial score (nSPS) is 24.8. The van der Waals surface area contributed by atoms with Crippen molar-refractivity contribution in [2.75, 3.05) is 4.43 Å². The van der Waals surface area contributed by atoms with Crippen LogP contribution in [0.15, 0.2) is 0 Å². The Kier molecular flexibility index (Phi) is 5.03. The number of hydrogen-bond donors (Lipinski definition) is 0. The number of carbonyl (C=O) groups excluding carboxylic acids is 2. The number of hydrogen-bond acceptors (Lipinski definition) is 5. The van der Waals surface area contributed by atoms with Crippen LogP contribution >= 0.6 is 22.6 Å². The highest BCUT2D eigenvalue weighted by Gasteiger charge is 2.32. The molecule has 0 aliphatic carbocycles. The van der Waals surface area contributed by atoms with Gasteiger partial charge in [0, 0.05) is 10.8 Å². The van der Waals surface area contributed by atoms with E-state index in [1.807, 2.05) is 0 Å². The quantitative estimate of drug-likeness (QED) is 0.442. The molecule has 0 aromatic rings. The van der Waals surface area contributed by atoms with Gasteiger partial charge in [-0.25, -0.2) is 4.79 Å². The number of alkyl halides is 1. The molecule has 98 valence electrons. The minimum absolute atomic E-state index is 0.0828. The first-order chi connectivity index (χ1) is 7.80. The van der Waals surface area contributed by atoms with Gasteiger partial charge in [0.25, 0.3) is 0 Å². The van der Waals surface area contributed by atoms with E-state index in [1.165, 1.54) is 0 Å². The zero-order valence-electron chi connectivity index (χ0n) is 10.2. The Morgan fingerprint density at radius 2 is 2.00 bits per heavy atom. The fraction of sp³-hybridized carbons (Fsp3) is 0.818. The Bertz CT molecular complexity index is 297. The maximum absolute atomic E-state index is 11.6. The van der Waals surface area contributed by atoms with Crippen molar-refractivity contribution in [2.24, 2.45) is 0 Å². The van der Waals surface area contributed by atoms with E-state index in [1.54, 1.807) is 20.8 Å². The maximum Gasteiger partial charge on any atom is 0.508 e. The lowest BCUT2D eigenvalue weighted by atomic mass is 10.1. The summed E-state index contributed by atoms with van der Waals surface area (Å²) in [5.41, 5.74) is -0.519. The van der Waals surface area contributed by atoms with Crippen molar-refractivity contribution in [2.45, 2.75) is 51.4 Å². The molecule has 0 saturated carbocycles. The number of cyclic esters (lactones) is 2. The third kappa shape index (κ3) is 5.56. The SMILES string of the molecule is CC(C)(C)OC(=O)C[C@H]1C[C@@H](CI)OC(=O)O1. The molecule has 0 radical (unpaired) electrons. The number of ether oxygens (including phenoxy) is 3. The van der Waals surface area contributed by atoms with E-state index < -0.39 is 17.9 Å².